The molecule has 25 heavy (non-hydrogen) atoms. The van der Waals surface area contributed by atoms with Crippen LogP contribution in [-0.4, -0.2) is 22.0 Å². The topological polar surface area (TPSA) is 84.1 Å². The van der Waals surface area contributed by atoms with E-state index in [9.17, 15) is 14.0 Å². The number of anilines is 1. The van der Waals surface area contributed by atoms with Gasteiger partial charge in [0.1, 0.15) is 11.6 Å². The number of nitrogens with one attached hydrogen (secondary N) is 2. The second kappa shape index (κ2) is 6.72. The first-order valence-corrected chi connectivity index (χ1v) is 7.65. The number of rotatable bonds is 4. The van der Waals surface area contributed by atoms with Crippen LogP contribution in [0.3, 0.4) is 0 Å². The lowest BCUT2D eigenvalue weighted by molar-refractivity contribution is -0.122. The summed E-state index contributed by atoms with van der Waals surface area (Å²) in [7, 11) is 0. The molecule has 0 bridgehead atoms. The number of aromatic amines is 1. The van der Waals surface area contributed by atoms with Crippen LogP contribution in [0.2, 0.25) is 0 Å². The highest BCUT2D eigenvalue weighted by molar-refractivity contribution is 5.96. The van der Waals surface area contributed by atoms with Crippen molar-refractivity contribution in [1.29, 1.82) is 0 Å². The van der Waals surface area contributed by atoms with E-state index in [0.717, 1.165) is 11.6 Å². The van der Waals surface area contributed by atoms with Crippen LogP contribution in [0.15, 0.2) is 47.5 Å². The minimum atomic E-state index is -0.843. The third kappa shape index (κ3) is 3.65. The minimum Gasteiger partial charge on any atom is -0.481 e. The van der Waals surface area contributed by atoms with Gasteiger partial charge in [-0.15, -0.1) is 0 Å². The number of H-pyrrole nitrogens is 1. The minimum absolute atomic E-state index is 0.101. The van der Waals surface area contributed by atoms with Gasteiger partial charge in [0, 0.05) is 6.07 Å². The number of hydrogen-bond donors (Lipinski definition) is 2. The molecular weight excluding hydrogens is 325 g/mol. The molecule has 1 heterocycles. The summed E-state index contributed by atoms with van der Waals surface area (Å²) in [5.74, 6) is -0.663. The molecule has 2 aromatic carbocycles. The van der Waals surface area contributed by atoms with Crippen molar-refractivity contribution >= 4 is 22.5 Å². The molecule has 3 aromatic rings. The zero-order valence-corrected chi connectivity index (χ0v) is 13.7. The summed E-state index contributed by atoms with van der Waals surface area (Å²) in [6.07, 6.45) is 0.351. The van der Waals surface area contributed by atoms with Gasteiger partial charge in [-0.2, -0.15) is 0 Å². The first-order chi connectivity index (χ1) is 11.9. The number of carbonyl (C=O) groups excluding carboxylic acids is 1. The molecule has 1 aromatic heterocycles. The molecule has 1 amide bonds. The Morgan fingerprint density at radius 2 is 2.12 bits per heavy atom. The molecule has 7 heteroatoms. The van der Waals surface area contributed by atoms with Gasteiger partial charge in [0.2, 0.25) is 0 Å². The Kier molecular flexibility index (Phi) is 4.47. The van der Waals surface area contributed by atoms with Gasteiger partial charge in [-0.05, 0) is 37.6 Å². The van der Waals surface area contributed by atoms with E-state index < -0.39 is 23.4 Å². The van der Waals surface area contributed by atoms with E-state index >= 15 is 0 Å². The standard InChI is InChI=1S/C18H16FN3O3/c1-10-4-3-5-12(6-10)25-11(2)17(23)22-16-7-13-15(8-14(16)19)20-9-21-18(13)24/h3-9,11H,1-2H3,(H,22,23)(H,20,21,24)/t11-/m1/s1. The second-order valence-corrected chi connectivity index (χ2v) is 5.65. The van der Waals surface area contributed by atoms with E-state index in [-0.39, 0.29) is 16.6 Å². The smallest absolute Gasteiger partial charge is 0.265 e. The van der Waals surface area contributed by atoms with Crippen LogP contribution >= 0.6 is 0 Å². The number of benzene rings is 2. The first kappa shape index (κ1) is 16.6. The molecule has 0 saturated heterocycles. The average Bonchev–Trinajstić information content (AvgIpc) is 2.56. The highest BCUT2D eigenvalue weighted by Crippen LogP contribution is 2.20. The van der Waals surface area contributed by atoms with Crippen molar-refractivity contribution in [2.75, 3.05) is 5.32 Å². The van der Waals surface area contributed by atoms with Crippen molar-refractivity contribution in [1.82, 2.24) is 9.97 Å². The maximum Gasteiger partial charge on any atom is 0.265 e. The highest BCUT2D eigenvalue weighted by Gasteiger charge is 2.17. The average molecular weight is 341 g/mol. The Bertz CT molecular complexity index is 1000. The molecular formula is C18H16FN3O3. The summed E-state index contributed by atoms with van der Waals surface area (Å²) in [5, 5.41) is 2.63. The number of fused-ring (bicyclic) bond motifs is 1. The largest absolute Gasteiger partial charge is 0.481 e. The van der Waals surface area contributed by atoms with Crippen LogP contribution in [0, 0.1) is 12.7 Å². The first-order valence-electron chi connectivity index (χ1n) is 7.65. The van der Waals surface area contributed by atoms with Gasteiger partial charge < -0.3 is 15.0 Å². The summed E-state index contributed by atoms with van der Waals surface area (Å²) in [6.45, 7) is 3.47. The third-order valence-electron chi connectivity index (χ3n) is 3.66. The van der Waals surface area contributed by atoms with Gasteiger partial charge in [0.15, 0.2) is 6.10 Å². The number of carbonyl (C=O) groups is 1. The molecule has 128 valence electrons. The number of halogens is 1. The maximum absolute atomic E-state index is 14.1. The van der Waals surface area contributed by atoms with Crippen LogP contribution in [-0.2, 0) is 4.79 Å². The zero-order valence-electron chi connectivity index (χ0n) is 13.7. The molecule has 3 rings (SSSR count). The van der Waals surface area contributed by atoms with Gasteiger partial charge in [0.25, 0.3) is 11.5 Å². The van der Waals surface area contributed by atoms with E-state index in [1.165, 1.54) is 12.4 Å². The molecule has 0 aliphatic carbocycles. The molecule has 0 radical (unpaired) electrons. The van der Waals surface area contributed by atoms with Crippen LogP contribution in [0.25, 0.3) is 10.9 Å². The van der Waals surface area contributed by atoms with Crippen molar-refractivity contribution in [2.24, 2.45) is 0 Å². The molecule has 0 fully saturated rings. The van der Waals surface area contributed by atoms with Gasteiger partial charge in [0.05, 0.1) is 22.9 Å². The Hall–Kier alpha value is -3.22. The molecule has 0 unspecified atom stereocenters. The lowest BCUT2D eigenvalue weighted by atomic mass is 10.2. The molecule has 0 aliphatic rings. The predicted octanol–water partition coefficient (Wildman–Crippen LogP) is 2.78. The van der Waals surface area contributed by atoms with E-state index in [1.807, 2.05) is 19.1 Å². The Morgan fingerprint density at radius 3 is 2.88 bits per heavy atom. The van der Waals surface area contributed by atoms with Crippen LogP contribution in [0.1, 0.15) is 12.5 Å². The molecule has 0 aliphatic heterocycles. The lowest BCUT2D eigenvalue weighted by Gasteiger charge is -2.15. The van der Waals surface area contributed by atoms with Gasteiger partial charge in [-0.3, -0.25) is 9.59 Å². The Morgan fingerprint density at radius 1 is 1.32 bits per heavy atom. The van der Waals surface area contributed by atoms with Gasteiger partial charge >= 0.3 is 0 Å². The highest BCUT2D eigenvalue weighted by atomic mass is 19.1. The van der Waals surface area contributed by atoms with E-state index in [4.69, 9.17) is 4.74 Å². The van der Waals surface area contributed by atoms with Gasteiger partial charge in [-0.1, -0.05) is 12.1 Å². The normalized spacial score (nSPS) is 12.0. The lowest BCUT2D eigenvalue weighted by Crippen LogP contribution is -2.30. The van der Waals surface area contributed by atoms with Gasteiger partial charge in [-0.25, -0.2) is 9.37 Å². The van der Waals surface area contributed by atoms with Crippen molar-refractivity contribution in [3.63, 3.8) is 0 Å². The summed E-state index contributed by atoms with van der Waals surface area (Å²) in [5.41, 5.74) is 0.695. The number of amides is 1. The van der Waals surface area contributed by atoms with Crippen molar-refractivity contribution in [3.8, 4) is 5.75 Å². The number of ether oxygens (including phenoxy) is 1. The van der Waals surface area contributed by atoms with Crippen LogP contribution in [0.4, 0.5) is 10.1 Å². The zero-order chi connectivity index (χ0) is 18.0. The van der Waals surface area contributed by atoms with E-state index in [1.54, 1.807) is 19.1 Å². The second-order valence-electron chi connectivity index (χ2n) is 5.65. The molecule has 2 N–H and O–H groups in total. The summed E-state index contributed by atoms with van der Waals surface area (Å²) >= 11 is 0. The monoisotopic (exact) mass is 341 g/mol. The SMILES string of the molecule is Cc1cccc(O[C@H](C)C(=O)Nc2cc3c(=O)[nH]cnc3cc2F)c1. The summed E-state index contributed by atoms with van der Waals surface area (Å²) in [6, 6.07) is 9.62. The fourth-order valence-electron chi connectivity index (χ4n) is 2.37. The quantitative estimate of drug-likeness (QED) is 0.764. The number of aromatic nitrogens is 2. The Labute approximate surface area is 142 Å². The predicted molar refractivity (Wildman–Crippen MR) is 92.2 cm³/mol. The van der Waals surface area contributed by atoms with E-state index in [0.29, 0.717) is 5.75 Å². The van der Waals surface area contributed by atoms with Crippen molar-refractivity contribution in [2.45, 2.75) is 20.0 Å². The van der Waals surface area contributed by atoms with Crippen LogP contribution < -0.4 is 15.6 Å². The van der Waals surface area contributed by atoms with E-state index in [2.05, 4.69) is 15.3 Å². The number of nitrogens with zero attached hydrogens (tertiary/aromatic N) is 1. The number of hydrogen-bond acceptors (Lipinski definition) is 4. The molecule has 0 spiro atoms. The Balaban J connectivity index is 1.80. The molecule has 0 saturated carbocycles. The fraction of sp³-hybridized carbons (Fsp3) is 0.167. The maximum atomic E-state index is 14.1. The molecule has 6 nitrogen and oxygen atoms in total. The summed E-state index contributed by atoms with van der Waals surface area (Å²) < 4.78 is 19.7. The van der Waals surface area contributed by atoms with Crippen LogP contribution in [0.5, 0.6) is 5.75 Å². The van der Waals surface area contributed by atoms with Crippen molar-refractivity contribution < 1.29 is 13.9 Å². The summed E-state index contributed by atoms with van der Waals surface area (Å²) in [4.78, 5) is 30.3. The third-order valence-corrected chi connectivity index (χ3v) is 3.66. The van der Waals surface area contributed by atoms with Crippen molar-refractivity contribution in [3.05, 3.63) is 64.5 Å². The fourth-order valence-corrected chi connectivity index (χ4v) is 2.37. The molecule has 1 atom stereocenters. The number of aryl methyl sites for hydroxylation is 1.